The van der Waals surface area contributed by atoms with E-state index >= 15 is 0 Å². The van der Waals surface area contributed by atoms with Crippen molar-refractivity contribution in [2.24, 2.45) is 17.8 Å². The largest absolute Gasteiger partial charge is 0.344 e. The molecule has 0 fully saturated rings. The summed E-state index contributed by atoms with van der Waals surface area (Å²) in [5.41, 5.74) is 0. The second kappa shape index (κ2) is 12.9. The van der Waals surface area contributed by atoms with Crippen molar-refractivity contribution in [3.63, 3.8) is 0 Å². The van der Waals surface area contributed by atoms with Crippen molar-refractivity contribution in [3.8, 4) is 0 Å². The number of hydrogen-bond donors (Lipinski definition) is 4. The molecule has 28 heavy (non-hydrogen) atoms. The molecule has 3 unspecified atom stereocenters. The van der Waals surface area contributed by atoms with Gasteiger partial charge in [0.2, 0.25) is 0 Å². The highest BCUT2D eigenvalue weighted by Crippen LogP contribution is 2.75. The third-order valence-electron chi connectivity index (χ3n) is 6.45. The molecule has 0 saturated heterocycles. The average Bonchev–Trinajstić information content (AvgIpc) is 2.61. The van der Waals surface area contributed by atoms with E-state index in [-0.39, 0.29) is 18.3 Å². The fourth-order valence-electron chi connectivity index (χ4n) is 4.48. The summed E-state index contributed by atoms with van der Waals surface area (Å²) in [7, 11) is -10.1. The van der Waals surface area contributed by atoms with Crippen LogP contribution < -0.4 is 0 Å². The molecule has 3 atom stereocenters. The topological polar surface area (TPSA) is 115 Å². The Morgan fingerprint density at radius 1 is 0.714 bits per heavy atom. The predicted octanol–water partition coefficient (Wildman–Crippen LogP) is 6.28. The van der Waals surface area contributed by atoms with Gasteiger partial charge >= 0.3 is 15.2 Å². The lowest BCUT2D eigenvalue weighted by Gasteiger charge is -2.43. The maximum absolute atomic E-state index is 12.7. The first-order chi connectivity index (χ1) is 12.9. The van der Waals surface area contributed by atoms with Crippen LogP contribution in [0.3, 0.4) is 0 Å². The van der Waals surface area contributed by atoms with E-state index in [2.05, 4.69) is 6.92 Å². The first-order valence-electron chi connectivity index (χ1n) is 11.1. The lowest BCUT2D eigenvalue weighted by molar-refractivity contribution is 0.203. The first kappa shape index (κ1) is 28.3. The van der Waals surface area contributed by atoms with Gasteiger partial charge in [0.15, 0.2) is 4.90 Å². The van der Waals surface area contributed by atoms with Crippen molar-refractivity contribution in [1.29, 1.82) is 0 Å². The predicted molar refractivity (Wildman–Crippen MR) is 116 cm³/mol. The Morgan fingerprint density at radius 3 is 1.46 bits per heavy atom. The minimum absolute atomic E-state index is 0.107. The van der Waals surface area contributed by atoms with Gasteiger partial charge in [-0.2, -0.15) is 0 Å². The van der Waals surface area contributed by atoms with Gasteiger partial charge in [0.05, 0.1) is 0 Å². The van der Waals surface area contributed by atoms with Gasteiger partial charge in [-0.25, -0.2) is 0 Å². The van der Waals surface area contributed by atoms with Gasteiger partial charge in [-0.05, 0) is 30.6 Å². The Hall–Kier alpha value is 0.300. The molecule has 0 aromatic heterocycles. The molecule has 8 heteroatoms. The molecule has 0 aliphatic rings. The summed E-state index contributed by atoms with van der Waals surface area (Å²) in [5, 5.41) is 0. The van der Waals surface area contributed by atoms with E-state index in [1.54, 1.807) is 6.92 Å². The van der Waals surface area contributed by atoms with Crippen LogP contribution >= 0.6 is 15.2 Å². The Balaban J connectivity index is 6.15. The van der Waals surface area contributed by atoms with Crippen molar-refractivity contribution in [2.45, 2.75) is 110 Å². The Bertz CT molecular complexity index is 491. The molecule has 0 aliphatic carbocycles. The first-order valence-corrected chi connectivity index (χ1v) is 14.3. The molecule has 0 saturated carbocycles. The third-order valence-corrected chi connectivity index (χ3v) is 11.1. The fraction of sp³-hybridized carbons (Fsp3) is 1.00. The smallest absolute Gasteiger partial charge is 0.324 e. The van der Waals surface area contributed by atoms with Gasteiger partial charge < -0.3 is 19.6 Å². The van der Waals surface area contributed by atoms with Crippen LogP contribution in [-0.4, -0.2) is 24.5 Å². The summed E-state index contributed by atoms with van der Waals surface area (Å²) in [4.78, 5) is 39.0. The SMILES string of the molecule is CCCCC(CC)CC(CC)C(CC(CC)CCCC)(P(=O)(O)O)P(=O)(O)O. The van der Waals surface area contributed by atoms with Crippen LogP contribution in [0.5, 0.6) is 0 Å². The maximum atomic E-state index is 12.7. The van der Waals surface area contributed by atoms with Crippen LogP contribution in [0.1, 0.15) is 105 Å². The molecule has 4 N–H and O–H groups in total. The summed E-state index contributed by atoms with van der Waals surface area (Å²) in [6.07, 6.45) is 7.74. The van der Waals surface area contributed by atoms with Crippen LogP contribution in [-0.2, 0) is 9.13 Å². The van der Waals surface area contributed by atoms with Gasteiger partial charge in [0.1, 0.15) is 0 Å². The highest BCUT2D eigenvalue weighted by atomic mass is 31.2. The standard InChI is InChI=1S/C20H44O6P2/c1-6-11-13-17(8-3)15-19(10-5)20(27(21,22)23,28(24,25)26)16-18(9-4)14-12-7-2/h17-19H,6-16H2,1-5H3,(H2,21,22,23)(H2,24,25,26). The zero-order valence-electron chi connectivity index (χ0n) is 18.5. The van der Waals surface area contributed by atoms with E-state index in [1.807, 2.05) is 20.8 Å². The van der Waals surface area contributed by atoms with E-state index in [4.69, 9.17) is 0 Å². The lowest BCUT2D eigenvalue weighted by atomic mass is 9.81. The van der Waals surface area contributed by atoms with Gasteiger partial charge in [-0.15, -0.1) is 0 Å². The molecule has 0 bridgehead atoms. The van der Waals surface area contributed by atoms with Crippen LogP contribution in [0.2, 0.25) is 0 Å². The van der Waals surface area contributed by atoms with E-state index in [1.165, 1.54) is 0 Å². The van der Waals surface area contributed by atoms with Gasteiger partial charge in [0, 0.05) is 0 Å². The summed E-state index contributed by atoms with van der Waals surface area (Å²) in [5.74, 6) is -0.588. The molecular formula is C20H44O6P2. The highest BCUT2D eigenvalue weighted by molar-refractivity contribution is 7.72. The van der Waals surface area contributed by atoms with Gasteiger partial charge in [-0.1, -0.05) is 92.4 Å². The van der Waals surface area contributed by atoms with Crippen LogP contribution in [0.25, 0.3) is 0 Å². The van der Waals surface area contributed by atoms with Crippen molar-refractivity contribution in [1.82, 2.24) is 0 Å². The Kier molecular flexibility index (Phi) is 13.0. The fourth-order valence-corrected chi connectivity index (χ4v) is 8.36. The van der Waals surface area contributed by atoms with Crippen LogP contribution in [0.4, 0.5) is 0 Å². The van der Waals surface area contributed by atoms with Crippen molar-refractivity contribution >= 4 is 15.2 Å². The van der Waals surface area contributed by atoms with Crippen LogP contribution in [0.15, 0.2) is 0 Å². The monoisotopic (exact) mass is 442 g/mol. The molecule has 0 aromatic rings. The molecule has 0 rings (SSSR count). The number of rotatable bonds is 16. The summed E-state index contributed by atoms with van der Waals surface area (Å²) in [6, 6.07) is 0. The molecular weight excluding hydrogens is 398 g/mol. The van der Waals surface area contributed by atoms with Crippen molar-refractivity contribution in [2.75, 3.05) is 0 Å². The summed E-state index contributed by atoms with van der Waals surface area (Å²) < 4.78 is 25.4. The molecule has 0 amide bonds. The third kappa shape index (κ3) is 7.52. The Morgan fingerprint density at radius 2 is 1.14 bits per heavy atom. The quantitative estimate of drug-likeness (QED) is 0.209. The molecule has 0 heterocycles. The average molecular weight is 443 g/mol. The zero-order chi connectivity index (χ0) is 22.0. The minimum atomic E-state index is -5.06. The Labute approximate surface area is 172 Å². The molecule has 0 aromatic carbocycles. The normalized spacial score (nSPS) is 16.8. The minimum Gasteiger partial charge on any atom is -0.324 e. The van der Waals surface area contributed by atoms with Crippen molar-refractivity contribution < 1.29 is 28.7 Å². The number of hydrogen-bond acceptors (Lipinski definition) is 2. The zero-order valence-corrected chi connectivity index (χ0v) is 20.3. The summed E-state index contributed by atoms with van der Waals surface area (Å²) >= 11 is 0. The molecule has 6 nitrogen and oxygen atoms in total. The maximum Gasteiger partial charge on any atom is 0.344 e. The summed E-state index contributed by atoms with van der Waals surface area (Å²) in [6.45, 7) is 9.91. The van der Waals surface area contributed by atoms with E-state index in [0.29, 0.717) is 19.3 Å². The second-order valence-corrected chi connectivity index (χ2v) is 12.5. The van der Waals surface area contributed by atoms with Gasteiger partial charge in [-0.3, -0.25) is 9.13 Å². The second-order valence-electron chi connectivity index (χ2n) is 8.34. The molecule has 170 valence electrons. The highest BCUT2D eigenvalue weighted by Gasteiger charge is 2.64. The molecule has 0 spiro atoms. The van der Waals surface area contributed by atoms with E-state index < -0.39 is 26.0 Å². The van der Waals surface area contributed by atoms with Crippen molar-refractivity contribution in [3.05, 3.63) is 0 Å². The van der Waals surface area contributed by atoms with Crippen LogP contribution in [0, 0.1) is 17.8 Å². The molecule has 0 radical (unpaired) electrons. The molecule has 0 aliphatic heterocycles. The lowest BCUT2D eigenvalue weighted by Crippen LogP contribution is -2.40. The van der Waals surface area contributed by atoms with E-state index in [9.17, 15) is 28.7 Å². The number of unbranched alkanes of at least 4 members (excludes halogenated alkanes) is 2. The van der Waals surface area contributed by atoms with E-state index in [0.717, 1.165) is 44.9 Å². The van der Waals surface area contributed by atoms with Gasteiger partial charge in [0.25, 0.3) is 0 Å².